The highest BCUT2D eigenvalue weighted by Crippen LogP contribution is 2.35. The Morgan fingerprint density at radius 2 is 1.78 bits per heavy atom. The summed E-state index contributed by atoms with van der Waals surface area (Å²) < 4.78 is 0. The zero-order chi connectivity index (χ0) is 16.6. The van der Waals surface area contributed by atoms with Crippen LogP contribution < -0.4 is 5.73 Å². The van der Waals surface area contributed by atoms with Crippen LogP contribution in [0.3, 0.4) is 0 Å². The van der Waals surface area contributed by atoms with Crippen LogP contribution in [0.1, 0.15) is 37.8 Å². The number of fused-ring (bicyclic) bond motifs is 1. The second kappa shape index (κ2) is 5.78. The van der Waals surface area contributed by atoms with Crippen molar-refractivity contribution >= 4 is 23.0 Å². The van der Waals surface area contributed by atoms with Gasteiger partial charge in [-0.15, -0.1) is 0 Å². The molecule has 1 unspecified atom stereocenters. The van der Waals surface area contributed by atoms with Crippen molar-refractivity contribution in [2.24, 2.45) is 0 Å². The van der Waals surface area contributed by atoms with Crippen molar-refractivity contribution in [3.8, 4) is 0 Å². The number of hydrogen-bond acceptors (Lipinski definition) is 5. The van der Waals surface area contributed by atoms with E-state index in [2.05, 4.69) is 0 Å². The van der Waals surface area contributed by atoms with Gasteiger partial charge in [0.2, 0.25) is 5.78 Å². The molecule has 5 heteroatoms. The number of nitrogens with one attached hydrogen (secondary N) is 1. The Bertz CT molecular complexity index is 813. The van der Waals surface area contributed by atoms with Crippen molar-refractivity contribution in [1.82, 2.24) is 0 Å². The van der Waals surface area contributed by atoms with Gasteiger partial charge in [-0.1, -0.05) is 36.4 Å². The van der Waals surface area contributed by atoms with Crippen LogP contribution in [0.15, 0.2) is 42.5 Å². The minimum atomic E-state index is -0.928. The van der Waals surface area contributed by atoms with Gasteiger partial charge in [-0.2, -0.15) is 0 Å². The highest BCUT2D eigenvalue weighted by Gasteiger charge is 2.39. The molecule has 0 aliphatic heterocycles. The lowest BCUT2D eigenvalue weighted by Crippen LogP contribution is -2.35. The molecule has 0 fully saturated rings. The van der Waals surface area contributed by atoms with Crippen LogP contribution in [0.2, 0.25) is 0 Å². The number of nitrogen functional groups attached to an aromatic ring is 1. The number of aliphatic hydroxyl groups is 1. The fourth-order valence-corrected chi connectivity index (χ4v) is 2.97. The average Bonchev–Trinajstić information content (AvgIpc) is 2.56. The number of nitrogens with two attached hydrogens (primary N) is 1. The van der Waals surface area contributed by atoms with E-state index < -0.39 is 11.7 Å². The molecule has 4 N–H and O–H groups in total. The van der Waals surface area contributed by atoms with Crippen molar-refractivity contribution in [2.45, 2.75) is 12.3 Å². The Balaban J connectivity index is 2.18. The third-order valence-electron chi connectivity index (χ3n) is 4.14. The van der Waals surface area contributed by atoms with Gasteiger partial charge in [0, 0.05) is 17.9 Å². The summed E-state index contributed by atoms with van der Waals surface area (Å²) in [5.41, 5.74) is 7.65. The van der Waals surface area contributed by atoms with E-state index in [1.807, 2.05) is 6.07 Å². The lowest BCUT2D eigenvalue weighted by Gasteiger charge is -2.25. The van der Waals surface area contributed by atoms with Gasteiger partial charge in [0.15, 0.2) is 5.78 Å². The molecular weight excluding hydrogens is 292 g/mol. The van der Waals surface area contributed by atoms with Gasteiger partial charge in [-0.25, -0.2) is 0 Å². The maximum absolute atomic E-state index is 12.9. The SMILES string of the molecule is N=C1C(=O)c2ccc(CCO)c(N)c2C(=O)C1c1ccccc1. The van der Waals surface area contributed by atoms with Crippen molar-refractivity contribution < 1.29 is 14.7 Å². The molecule has 0 saturated carbocycles. The van der Waals surface area contributed by atoms with Crippen LogP contribution in [0, 0.1) is 5.41 Å². The Kier molecular flexibility index (Phi) is 3.80. The number of hydrogen-bond donors (Lipinski definition) is 3. The zero-order valence-electron chi connectivity index (χ0n) is 12.4. The summed E-state index contributed by atoms with van der Waals surface area (Å²) in [5.74, 6) is -1.74. The van der Waals surface area contributed by atoms with Gasteiger partial charge in [0.05, 0.1) is 17.2 Å². The standard InChI is InChI=1S/C18H16N2O3/c19-15-11(8-9-21)6-7-12-14(15)18(23)13(16(20)17(12)22)10-4-2-1-3-5-10/h1-7,13,20-21H,8-9,19H2. The first kappa shape index (κ1) is 15.1. The molecule has 1 aliphatic carbocycles. The van der Waals surface area contributed by atoms with Crippen molar-refractivity contribution in [3.63, 3.8) is 0 Å². The van der Waals surface area contributed by atoms with Gasteiger partial charge in [-0.3, -0.25) is 9.59 Å². The second-order valence-corrected chi connectivity index (χ2v) is 5.49. The zero-order valence-corrected chi connectivity index (χ0v) is 12.4. The monoisotopic (exact) mass is 308 g/mol. The summed E-state index contributed by atoms with van der Waals surface area (Å²) in [7, 11) is 0. The van der Waals surface area contributed by atoms with E-state index in [0.29, 0.717) is 17.5 Å². The molecule has 0 amide bonds. The van der Waals surface area contributed by atoms with E-state index >= 15 is 0 Å². The summed E-state index contributed by atoms with van der Waals surface area (Å²) in [6.45, 7) is -0.0942. The van der Waals surface area contributed by atoms with Gasteiger partial charge in [0.25, 0.3) is 0 Å². The Labute approximate surface area is 133 Å². The Morgan fingerprint density at radius 1 is 1.09 bits per heavy atom. The summed E-state index contributed by atoms with van der Waals surface area (Å²) in [6.07, 6.45) is 0.314. The third-order valence-corrected chi connectivity index (χ3v) is 4.14. The maximum Gasteiger partial charge on any atom is 0.208 e. The van der Waals surface area contributed by atoms with E-state index in [-0.39, 0.29) is 34.9 Å². The van der Waals surface area contributed by atoms with E-state index in [4.69, 9.17) is 16.2 Å². The molecular formula is C18H16N2O3. The summed E-state index contributed by atoms with van der Waals surface area (Å²) in [6, 6.07) is 11.9. The Hall–Kier alpha value is -2.79. The first-order valence-corrected chi connectivity index (χ1v) is 7.30. The van der Waals surface area contributed by atoms with Gasteiger partial charge in [0.1, 0.15) is 0 Å². The highest BCUT2D eigenvalue weighted by atomic mass is 16.3. The smallest absolute Gasteiger partial charge is 0.208 e. The highest BCUT2D eigenvalue weighted by molar-refractivity contribution is 6.54. The molecule has 0 saturated heterocycles. The van der Waals surface area contributed by atoms with Crippen LogP contribution >= 0.6 is 0 Å². The number of carbonyl (C=O) groups excluding carboxylic acids is 2. The molecule has 1 atom stereocenters. The summed E-state index contributed by atoms with van der Waals surface area (Å²) in [4.78, 5) is 25.4. The van der Waals surface area contributed by atoms with E-state index in [9.17, 15) is 9.59 Å². The number of aliphatic hydroxyl groups excluding tert-OH is 1. The number of carbonyl (C=O) groups is 2. The fourth-order valence-electron chi connectivity index (χ4n) is 2.97. The maximum atomic E-state index is 12.9. The van der Waals surface area contributed by atoms with Crippen LogP contribution in [-0.2, 0) is 6.42 Å². The van der Waals surface area contributed by atoms with Crippen LogP contribution in [0.4, 0.5) is 5.69 Å². The first-order valence-electron chi connectivity index (χ1n) is 7.30. The summed E-state index contributed by atoms with van der Waals surface area (Å²) >= 11 is 0. The van der Waals surface area contributed by atoms with Gasteiger partial charge < -0.3 is 16.2 Å². The molecule has 0 bridgehead atoms. The van der Waals surface area contributed by atoms with Gasteiger partial charge in [-0.05, 0) is 23.6 Å². The number of ketones is 2. The Morgan fingerprint density at radius 3 is 2.43 bits per heavy atom. The number of Topliss-reactive ketones (excluding diaryl/α,β-unsaturated/α-hetero) is 2. The molecule has 3 rings (SSSR count). The fraction of sp³-hybridized carbons (Fsp3) is 0.167. The van der Waals surface area contributed by atoms with Crippen LogP contribution in [-0.4, -0.2) is 29.0 Å². The molecule has 0 heterocycles. The van der Waals surface area contributed by atoms with Gasteiger partial charge >= 0.3 is 0 Å². The molecule has 0 radical (unpaired) electrons. The molecule has 23 heavy (non-hydrogen) atoms. The topological polar surface area (TPSA) is 104 Å². The minimum absolute atomic E-state index is 0.0942. The van der Waals surface area contributed by atoms with E-state index in [1.165, 1.54) is 6.07 Å². The third kappa shape index (κ3) is 2.35. The predicted molar refractivity (Wildman–Crippen MR) is 87.2 cm³/mol. The lowest BCUT2D eigenvalue weighted by molar-refractivity contribution is 0.0947. The lowest BCUT2D eigenvalue weighted by atomic mass is 9.75. The molecule has 116 valence electrons. The molecule has 2 aromatic rings. The van der Waals surface area contributed by atoms with Crippen molar-refractivity contribution in [1.29, 1.82) is 5.41 Å². The number of anilines is 1. The molecule has 5 nitrogen and oxygen atoms in total. The van der Waals surface area contributed by atoms with E-state index in [1.54, 1.807) is 30.3 Å². The quantitative estimate of drug-likeness (QED) is 0.754. The summed E-state index contributed by atoms with van der Waals surface area (Å²) in [5, 5.41) is 17.2. The number of benzene rings is 2. The van der Waals surface area contributed by atoms with Crippen molar-refractivity contribution in [2.75, 3.05) is 12.3 Å². The van der Waals surface area contributed by atoms with Crippen molar-refractivity contribution in [3.05, 3.63) is 64.7 Å². The van der Waals surface area contributed by atoms with Crippen LogP contribution in [0.5, 0.6) is 0 Å². The second-order valence-electron chi connectivity index (χ2n) is 5.49. The normalized spacial score (nSPS) is 17.3. The molecule has 0 aromatic heterocycles. The van der Waals surface area contributed by atoms with Crippen LogP contribution in [0.25, 0.3) is 0 Å². The largest absolute Gasteiger partial charge is 0.398 e. The predicted octanol–water partition coefficient (Wildman–Crippen LogP) is 1.99. The molecule has 1 aliphatic rings. The molecule has 2 aromatic carbocycles. The average molecular weight is 308 g/mol. The van der Waals surface area contributed by atoms with E-state index in [0.717, 1.165) is 0 Å². The molecule has 0 spiro atoms. The minimum Gasteiger partial charge on any atom is -0.398 e. The number of rotatable bonds is 3. The first-order chi connectivity index (χ1) is 11.1.